The molecule has 1 N–H and O–H groups in total. The number of hydrogen-bond acceptors (Lipinski definition) is 3. The number of hydrogen-bond donors (Lipinski definition) is 1. The van der Waals surface area contributed by atoms with Crippen molar-refractivity contribution < 1.29 is 4.74 Å². The molecule has 0 radical (unpaired) electrons. The standard InChI is InChI=1S/C14H18N2O/c1-17-14-5-3-11(4-6-14)12-9-13(10-12)16-8-2-7-15/h3-6,12-13,16H,2,8-10H2,1H3. The zero-order chi connectivity index (χ0) is 12.1. The van der Waals surface area contributed by atoms with Gasteiger partial charge in [-0.15, -0.1) is 0 Å². The first kappa shape index (κ1) is 11.9. The van der Waals surface area contributed by atoms with Crippen LogP contribution in [0.25, 0.3) is 0 Å². The van der Waals surface area contributed by atoms with Crippen LogP contribution in [0.4, 0.5) is 0 Å². The molecule has 1 aliphatic rings. The third-order valence-corrected chi connectivity index (χ3v) is 3.40. The first-order valence-corrected chi connectivity index (χ1v) is 6.07. The van der Waals surface area contributed by atoms with Gasteiger partial charge in [0.25, 0.3) is 0 Å². The second kappa shape index (κ2) is 5.70. The number of methoxy groups -OCH3 is 1. The van der Waals surface area contributed by atoms with Crippen LogP contribution in [0.3, 0.4) is 0 Å². The molecular weight excluding hydrogens is 212 g/mol. The molecule has 1 aromatic carbocycles. The monoisotopic (exact) mass is 230 g/mol. The van der Waals surface area contributed by atoms with E-state index in [0.29, 0.717) is 18.4 Å². The summed E-state index contributed by atoms with van der Waals surface area (Å²) in [5.74, 6) is 1.58. The predicted molar refractivity (Wildman–Crippen MR) is 67.0 cm³/mol. The number of nitrogens with one attached hydrogen (secondary N) is 1. The molecule has 0 heterocycles. The van der Waals surface area contributed by atoms with Gasteiger partial charge in [-0.05, 0) is 36.5 Å². The summed E-state index contributed by atoms with van der Waals surface area (Å²) < 4.78 is 5.14. The Hall–Kier alpha value is -1.53. The zero-order valence-electron chi connectivity index (χ0n) is 10.1. The van der Waals surface area contributed by atoms with E-state index in [1.54, 1.807) is 7.11 Å². The van der Waals surface area contributed by atoms with Crippen molar-refractivity contribution in [3.8, 4) is 11.8 Å². The summed E-state index contributed by atoms with van der Waals surface area (Å²) in [6.45, 7) is 0.816. The Balaban J connectivity index is 1.77. The summed E-state index contributed by atoms with van der Waals surface area (Å²) in [7, 11) is 1.69. The lowest BCUT2D eigenvalue weighted by Gasteiger charge is -2.36. The maximum Gasteiger partial charge on any atom is 0.118 e. The van der Waals surface area contributed by atoms with E-state index < -0.39 is 0 Å². The molecule has 3 heteroatoms. The van der Waals surface area contributed by atoms with Crippen molar-refractivity contribution in [2.24, 2.45) is 0 Å². The van der Waals surface area contributed by atoms with E-state index in [1.807, 2.05) is 12.1 Å². The molecule has 0 aromatic heterocycles. The quantitative estimate of drug-likeness (QED) is 0.790. The first-order chi connectivity index (χ1) is 8.33. The lowest BCUT2D eigenvalue weighted by molar-refractivity contribution is 0.293. The highest BCUT2D eigenvalue weighted by molar-refractivity contribution is 5.30. The molecule has 0 aliphatic heterocycles. The van der Waals surface area contributed by atoms with Crippen molar-refractivity contribution in [1.29, 1.82) is 5.26 Å². The highest BCUT2D eigenvalue weighted by atomic mass is 16.5. The van der Waals surface area contributed by atoms with Gasteiger partial charge < -0.3 is 10.1 Å². The van der Waals surface area contributed by atoms with E-state index in [1.165, 1.54) is 18.4 Å². The van der Waals surface area contributed by atoms with E-state index in [4.69, 9.17) is 10.00 Å². The van der Waals surface area contributed by atoms with Crippen LogP contribution in [0.2, 0.25) is 0 Å². The molecular formula is C14H18N2O. The largest absolute Gasteiger partial charge is 0.497 e. The topological polar surface area (TPSA) is 45.0 Å². The van der Waals surface area contributed by atoms with Gasteiger partial charge in [0, 0.05) is 19.0 Å². The van der Waals surface area contributed by atoms with Crippen LogP contribution in [0.1, 0.15) is 30.7 Å². The van der Waals surface area contributed by atoms with E-state index in [-0.39, 0.29) is 0 Å². The van der Waals surface area contributed by atoms with Crippen LogP contribution < -0.4 is 10.1 Å². The van der Waals surface area contributed by atoms with Crippen LogP contribution in [0, 0.1) is 11.3 Å². The van der Waals surface area contributed by atoms with Crippen LogP contribution >= 0.6 is 0 Å². The Bertz CT molecular complexity index is 388. The summed E-state index contributed by atoms with van der Waals surface area (Å²) in [4.78, 5) is 0. The lowest BCUT2D eigenvalue weighted by Crippen LogP contribution is -2.40. The van der Waals surface area contributed by atoms with Gasteiger partial charge >= 0.3 is 0 Å². The molecule has 3 nitrogen and oxygen atoms in total. The van der Waals surface area contributed by atoms with Crippen molar-refractivity contribution >= 4 is 0 Å². The SMILES string of the molecule is COc1ccc(C2CC(NCCC#N)C2)cc1. The molecule has 1 saturated carbocycles. The van der Waals surface area contributed by atoms with Crippen molar-refractivity contribution in [2.75, 3.05) is 13.7 Å². The maximum absolute atomic E-state index is 8.45. The number of benzene rings is 1. The van der Waals surface area contributed by atoms with E-state index in [0.717, 1.165) is 12.3 Å². The normalized spacial score (nSPS) is 22.6. The summed E-state index contributed by atoms with van der Waals surface area (Å²) in [6.07, 6.45) is 2.96. The Morgan fingerprint density at radius 3 is 2.65 bits per heavy atom. The van der Waals surface area contributed by atoms with Gasteiger partial charge in [0.1, 0.15) is 5.75 Å². The smallest absolute Gasteiger partial charge is 0.118 e. The fraction of sp³-hybridized carbons (Fsp3) is 0.500. The summed E-state index contributed by atoms with van der Waals surface area (Å²) in [5.41, 5.74) is 1.39. The molecule has 0 saturated heterocycles. The summed E-state index contributed by atoms with van der Waals surface area (Å²) in [5, 5.41) is 11.8. The highest BCUT2D eigenvalue weighted by Crippen LogP contribution is 2.37. The molecule has 0 bridgehead atoms. The van der Waals surface area contributed by atoms with Gasteiger partial charge in [0.05, 0.1) is 13.2 Å². The van der Waals surface area contributed by atoms with Crippen molar-refractivity contribution in [3.05, 3.63) is 29.8 Å². The maximum atomic E-state index is 8.45. The average molecular weight is 230 g/mol. The molecule has 0 spiro atoms. The third-order valence-electron chi connectivity index (χ3n) is 3.40. The molecule has 1 aliphatic carbocycles. The summed E-state index contributed by atoms with van der Waals surface area (Å²) in [6, 6.07) is 11.1. The van der Waals surface area contributed by atoms with E-state index in [2.05, 4.69) is 23.5 Å². The summed E-state index contributed by atoms with van der Waals surface area (Å²) >= 11 is 0. The van der Waals surface area contributed by atoms with Crippen LogP contribution in [0.5, 0.6) is 5.75 Å². The Kier molecular flexibility index (Phi) is 4.00. The van der Waals surface area contributed by atoms with Crippen LogP contribution in [-0.4, -0.2) is 19.7 Å². The second-order valence-electron chi connectivity index (χ2n) is 4.50. The minimum atomic E-state index is 0.593. The van der Waals surface area contributed by atoms with E-state index >= 15 is 0 Å². The van der Waals surface area contributed by atoms with Crippen LogP contribution in [-0.2, 0) is 0 Å². The molecule has 90 valence electrons. The van der Waals surface area contributed by atoms with Gasteiger partial charge in [-0.25, -0.2) is 0 Å². The number of nitriles is 1. The zero-order valence-corrected chi connectivity index (χ0v) is 10.1. The van der Waals surface area contributed by atoms with Crippen molar-refractivity contribution in [2.45, 2.75) is 31.2 Å². The molecule has 1 aromatic rings. The van der Waals surface area contributed by atoms with E-state index in [9.17, 15) is 0 Å². The molecule has 17 heavy (non-hydrogen) atoms. The van der Waals surface area contributed by atoms with Crippen molar-refractivity contribution in [3.63, 3.8) is 0 Å². The first-order valence-electron chi connectivity index (χ1n) is 6.07. The Labute approximate surface area is 102 Å². The van der Waals surface area contributed by atoms with Gasteiger partial charge in [0.2, 0.25) is 0 Å². The molecule has 0 amide bonds. The number of ether oxygens (including phenoxy) is 1. The minimum absolute atomic E-state index is 0.593. The number of rotatable bonds is 5. The van der Waals surface area contributed by atoms with Crippen molar-refractivity contribution in [1.82, 2.24) is 5.32 Å². The second-order valence-corrected chi connectivity index (χ2v) is 4.50. The minimum Gasteiger partial charge on any atom is -0.497 e. The molecule has 0 atom stereocenters. The van der Waals surface area contributed by atoms with Gasteiger partial charge in [-0.2, -0.15) is 5.26 Å². The Morgan fingerprint density at radius 2 is 2.06 bits per heavy atom. The van der Waals surface area contributed by atoms with Gasteiger partial charge in [0.15, 0.2) is 0 Å². The fourth-order valence-corrected chi connectivity index (χ4v) is 2.26. The average Bonchev–Trinajstić information content (AvgIpc) is 2.32. The molecule has 0 unspecified atom stereocenters. The van der Waals surface area contributed by atoms with Crippen LogP contribution in [0.15, 0.2) is 24.3 Å². The predicted octanol–water partition coefficient (Wildman–Crippen LogP) is 2.44. The van der Waals surface area contributed by atoms with Gasteiger partial charge in [-0.1, -0.05) is 12.1 Å². The Morgan fingerprint density at radius 1 is 1.35 bits per heavy atom. The third kappa shape index (κ3) is 2.98. The highest BCUT2D eigenvalue weighted by Gasteiger charge is 2.29. The molecule has 1 fully saturated rings. The van der Waals surface area contributed by atoms with Gasteiger partial charge in [-0.3, -0.25) is 0 Å². The molecule has 2 rings (SSSR count). The fourth-order valence-electron chi connectivity index (χ4n) is 2.26. The number of nitrogens with zero attached hydrogens (tertiary/aromatic N) is 1. The lowest BCUT2D eigenvalue weighted by atomic mass is 9.76.